The summed E-state index contributed by atoms with van der Waals surface area (Å²) < 4.78 is 11.4. The fraction of sp³-hybridized carbons (Fsp3) is 0.650. The van der Waals surface area contributed by atoms with E-state index in [1.54, 1.807) is 0 Å². The van der Waals surface area contributed by atoms with Gasteiger partial charge in [-0.1, -0.05) is 6.07 Å². The number of benzene rings is 1. The van der Waals surface area contributed by atoms with Crippen LogP contribution in [0.1, 0.15) is 29.5 Å². The predicted molar refractivity (Wildman–Crippen MR) is 119 cm³/mol. The molecule has 1 aliphatic heterocycles. The molecule has 148 valence electrons. The number of nitrogens with one attached hydrogen (secondary N) is 1. The second kappa shape index (κ2) is 11.6. The van der Waals surface area contributed by atoms with Crippen LogP contribution in [0.2, 0.25) is 0 Å². The molecule has 0 saturated carbocycles. The van der Waals surface area contributed by atoms with Crippen molar-refractivity contribution < 1.29 is 9.47 Å². The van der Waals surface area contributed by atoms with E-state index in [2.05, 4.69) is 55.2 Å². The Morgan fingerprint density at radius 3 is 2.77 bits per heavy atom. The quantitative estimate of drug-likeness (QED) is 0.284. The van der Waals surface area contributed by atoms with E-state index < -0.39 is 0 Å². The van der Waals surface area contributed by atoms with Crippen LogP contribution in [0.3, 0.4) is 0 Å². The Balaban J connectivity index is 0.00000338. The van der Waals surface area contributed by atoms with Gasteiger partial charge in [0.1, 0.15) is 5.75 Å². The van der Waals surface area contributed by atoms with Gasteiger partial charge in [0, 0.05) is 39.7 Å². The van der Waals surface area contributed by atoms with Crippen molar-refractivity contribution >= 4 is 29.9 Å². The van der Waals surface area contributed by atoms with Crippen molar-refractivity contribution in [1.29, 1.82) is 0 Å². The lowest BCUT2D eigenvalue weighted by atomic mass is 10.1. The van der Waals surface area contributed by atoms with Gasteiger partial charge in [0.05, 0.1) is 13.2 Å². The summed E-state index contributed by atoms with van der Waals surface area (Å²) in [5.74, 6) is 2.55. The average molecular weight is 475 g/mol. The standard InChI is InChI=1S/C20H33N3O2.HI/c1-15-11-16(2)17(3)19(12-15)25-9-6-8-22-20(21-4)23(5)13-18-7-10-24-14-18;/h11-12,18H,6-10,13-14H2,1-5H3,(H,21,22);1H. The highest BCUT2D eigenvalue weighted by molar-refractivity contribution is 14.0. The Kier molecular flexibility index (Phi) is 10.3. The first-order valence-electron chi connectivity index (χ1n) is 9.21. The Hall–Kier alpha value is -1.02. The molecule has 1 aliphatic rings. The van der Waals surface area contributed by atoms with E-state index in [4.69, 9.17) is 9.47 Å². The van der Waals surface area contributed by atoms with Gasteiger partial charge >= 0.3 is 0 Å². The number of aliphatic imine (C=N–C) groups is 1. The smallest absolute Gasteiger partial charge is 0.193 e. The molecule has 1 N–H and O–H groups in total. The van der Waals surface area contributed by atoms with Crippen LogP contribution in [0.5, 0.6) is 5.75 Å². The first-order valence-corrected chi connectivity index (χ1v) is 9.21. The van der Waals surface area contributed by atoms with Gasteiger partial charge in [-0.05, 0) is 56.4 Å². The van der Waals surface area contributed by atoms with Gasteiger partial charge in [-0.2, -0.15) is 0 Å². The molecule has 1 saturated heterocycles. The van der Waals surface area contributed by atoms with Crippen LogP contribution in [0.4, 0.5) is 0 Å². The number of hydrogen-bond acceptors (Lipinski definition) is 3. The third-order valence-electron chi connectivity index (χ3n) is 4.76. The molecular weight excluding hydrogens is 441 g/mol. The Bertz CT molecular complexity index is 587. The first-order chi connectivity index (χ1) is 12.0. The summed E-state index contributed by atoms with van der Waals surface area (Å²) in [6.45, 7) is 10.6. The largest absolute Gasteiger partial charge is 0.493 e. The summed E-state index contributed by atoms with van der Waals surface area (Å²) in [5.41, 5.74) is 3.76. The van der Waals surface area contributed by atoms with Crippen molar-refractivity contribution in [3.8, 4) is 5.75 Å². The number of rotatable bonds is 7. The van der Waals surface area contributed by atoms with Gasteiger partial charge in [-0.3, -0.25) is 4.99 Å². The van der Waals surface area contributed by atoms with Crippen LogP contribution in [-0.4, -0.2) is 57.9 Å². The van der Waals surface area contributed by atoms with E-state index in [1.807, 2.05) is 7.05 Å². The normalized spacial score (nSPS) is 17.0. The molecule has 2 rings (SSSR count). The van der Waals surface area contributed by atoms with Crippen molar-refractivity contribution in [2.75, 3.05) is 47.0 Å². The Labute approximate surface area is 175 Å². The topological polar surface area (TPSA) is 46.1 Å². The highest BCUT2D eigenvalue weighted by Gasteiger charge is 2.18. The molecule has 0 aromatic heterocycles. The van der Waals surface area contributed by atoms with Crippen molar-refractivity contribution in [3.63, 3.8) is 0 Å². The van der Waals surface area contributed by atoms with Gasteiger partial charge in [0.25, 0.3) is 0 Å². The number of hydrogen-bond donors (Lipinski definition) is 1. The third-order valence-corrected chi connectivity index (χ3v) is 4.76. The summed E-state index contributed by atoms with van der Waals surface area (Å²) in [4.78, 5) is 6.56. The second-order valence-electron chi connectivity index (χ2n) is 6.99. The van der Waals surface area contributed by atoms with Gasteiger partial charge in [-0.15, -0.1) is 24.0 Å². The second-order valence-corrected chi connectivity index (χ2v) is 6.99. The van der Waals surface area contributed by atoms with Crippen molar-refractivity contribution in [2.45, 2.75) is 33.6 Å². The molecule has 0 amide bonds. The van der Waals surface area contributed by atoms with Crippen LogP contribution in [-0.2, 0) is 4.74 Å². The molecule has 0 spiro atoms. The molecule has 1 aromatic rings. The molecule has 1 fully saturated rings. The highest BCUT2D eigenvalue weighted by atomic mass is 127. The van der Waals surface area contributed by atoms with Crippen molar-refractivity contribution in [1.82, 2.24) is 10.2 Å². The lowest BCUT2D eigenvalue weighted by molar-refractivity contribution is 0.181. The third kappa shape index (κ3) is 6.95. The van der Waals surface area contributed by atoms with E-state index in [0.29, 0.717) is 12.5 Å². The van der Waals surface area contributed by atoms with E-state index >= 15 is 0 Å². The SMILES string of the molecule is CN=C(NCCCOc1cc(C)cc(C)c1C)N(C)CC1CCOC1.I. The zero-order valence-electron chi connectivity index (χ0n) is 16.8. The Morgan fingerprint density at radius 2 is 2.12 bits per heavy atom. The van der Waals surface area contributed by atoms with E-state index in [1.165, 1.54) is 16.7 Å². The first kappa shape index (κ1) is 23.0. The molecule has 6 heteroatoms. The van der Waals surface area contributed by atoms with E-state index in [9.17, 15) is 0 Å². The fourth-order valence-electron chi connectivity index (χ4n) is 3.19. The predicted octanol–water partition coefficient (Wildman–Crippen LogP) is 3.54. The van der Waals surface area contributed by atoms with Crippen LogP contribution < -0.4 is 10.1 Å². The van der Waals surface area contributed by atoms with E-state index in [0.717, 1.165) is 50.9 Å². The number of nitrogens with zero attached hydrogens (tertiary/aromatic N) is 2. The minimum Gasteiger partial charge on any atom is -0.493 e. The van der Waals surface area contributed by atoms with Crippen LogP contribution in [0, 0.1) is 26.7 Å². The molecule has 1 aromatic carbocycles. The Morgan fingerprint density at radius 1 is 1.35 bits per heavy atom. The minimum atomic E-state index is 0. The summed E-state index contributed by atoms with van der Waals surface area (Å²) >= 11 is 0. The molecular formula is C20H34IN3O2. The summed E-state index contributed by atoms with van der Waals surface area (Å²) in [7, 11) is 3.92. The number of halogens is 1. The maximum Gasteiger partial charge on any atom is 0.193 e. The monoisotopic (exact) mass is 475 g/mol. The van der Waals surface area contributed by atoms with Crippen molar-refractivity contribution in [3.05, 3.63) is 28.8 Å². The van der Waals surface area contributed by atoms with Gasteiger partial charge in [-0.25, -0.2) is 0 Å². The lowest BCUT2D eigenvalue weighted by Crippen LogP contribution is -2.42. The fourth-order valence-corrected chi connectivity index (χ4v) is 3.19. The summed E-state index contributed by atoms with van der Waals surface area (Å²) in [6, 6.07) is 4.31. The zero-order valence-corrected chi connectivity index (χ0v) is 19.1. The molecule has 0 bridgehead atoms. The number of ether oxygens (including phenoxy) is 2. The van der Waals surface area contributed by atoms with Crippen LogP contribution in [0.25, 0.3) is 0 Å². The van der Waals surface area contributed by atoms with Gasteiger partial charge in [0.15, 0.2) is 5.96 Å². The molecule has 5 nitrogen and oxygen atoms in total. The molecule has 1 heterocycles. The number of guanidine groups is 1. The van der Waals surface area contributed by atoms with Crippen molar-refractivity contribution in [2.24, 2.45) is 10.9 Å². The maximum absolute atomic E-state index is 5.97. The molecule has 1 unspecified atom stereocenters. The molecule has 1 atom stereocenters. The minimum absolute atomic E-state index is 0. The highest BCUT2D eigenvalue weighted by Crippen LogP contribution is 2.23. The summed E-state index contributed by atoms with van der Waals surface area (Å²) in [6.07, 6.45) is 2.08. The van der Waals surface area contributed by atoms with E-state index in [-0.39, 0.29) is 24.0 Å². The van der Waals surface area contributed by atoms with Gasteiger partial charge in [0.2, 0.25) is 0 Å². The molecule has 0 aliphatic carbocycles. The summed E-state index contributed by atoms with van der Waals surface area (Å²) in [5, 5.41) is 3.42. The molecule has 0 radical (unpaired) electrons. The zero-order chi connectivity index (χ0) is 18.2. The van der Waals surface area contributed by atoms with Crippen LogP contribution in [0.15, 0.2) is 17.1 Å². The van der Waals surface area contributed by atoms with Crippen LogP contribution >= 0.6 is 24.0 Å². The molecule has 26 heavy (non-hydrogen) atoms. The average Bonchev–Trinajstić information content (AvgIpc) is 3.07. The lowest BCUT2D eigenvalue weighted by Gasteiger charge is -2.24. The maximum atomic E-state index is 5.97. The van der Waals surface area contributed by atoms with Gasteiger partial charge < -0.3 is 19.7 Å². The number of aryl methyl sites for hydroxylation is 2.